The van der Waals surface area contributed by atoms with Gasteiger partial charge in [0.1, 0.15) is 0 Å². The maximum absolute atomic E-state index is 4.12. The molecule has 0 atom stereocenters. The standard InChI is InChI=1S/C7H15N3/c1-3-4-5-9-6-7-10-8-2/h6H,3-5,7H2,1-2H3. The Morgan fingerprint density at radius 1 is 1.40 bits per heavy atom. The monoisotopic (exact) mass is 141 g/mol. The zero-order valence-electron chi connectivity index (χ0n) is 6.75. The second kappa shape index (κ2) is 8.27. The Morgan fingerprint density at radius 3 is 2.80 bits per heavy atom. The lowest BCUT2D eigenvalue weighted by Crippen LogP contribution is -1.83. The van der Waals surface area contributed by atoms with E-state index in [1.165, 1.54) is 12.8 Å². The molecule has 3 heteroatoms. The largest absolute Gasteiger partial charge is 0.296 e. The smallest absolute Gasteiger partial charge is 0.0946 e. The summed E-state index contributed by atoms with van der Waals surface area (Å²) in [6.07, 6.45) is 4.18. The number of nitrogens with zero attached hydrogens (tertiary/aromatic N) is 3. The molecule has 0 unspecified atom stereocenters. The van der Waals surface area contributed by atoms with Crippen molar-refractivity contribution in [2.75, 3.05) is 20.1 Å². The molecular formula is C7H15N3. The fraction of sp³-hybridized carbons (Fsp3) is 0.857. The SMILES string of the molecule is CCCCN=CCN=NC. The second-order valence-corrected chi connectivity index (χ2v) is 1.97. The van der Waals surface area contributed by atoms with Crippen molar-refractivity contribution >= 4 is 6.21 Å². The molecule has 0 aromatic rings. The molecule has 0 aromatic carbocycles. The van der Waals surface area contributed by atoms with Gasteiger partial charge in [-0.1, -0.05) is 13.3 Å². The number of rotatable bonds is 5. The van der Waals surface area contributed by atoms with Gasteiger partial charge in [0, 0.05) is 19.8 Å². The van der Waals surface area contributed by atoms with Crippen LogP contribution in [0.3, 0.4) is 0 Å². The van der Waals surface area contributed by atoms with E-state index in [4.69, 9.17) is 0 Å². The van der Waals surface area contributed by atoms with Gasteiger partial charge in [-0.2, -0.15) is 10.2 Å². The molecule has 3 nitrogen and oxygen atoms in total. The fourth-order valence-corrected chi connectivity index (χ4v) is 0.517. The lowest BCUT2D eigenvalue weighted by atomic mass is 10.3. The predicted octanol–water partition coefficient (Wildman–Crippen LogP) is 1.94. The highest BCUT2D eigenvalue weighted by Gasteiger charge is 1.76. The first-order valence-corrected chi connectivity index (χ1v) is 3.65. The van der Waals surface area contributed by atoms with E-state index in [0.717, 1.165) is 6.54 Å². The van der Waals surface area contributed by atoms with Gasteiger partial charge in [0.15, 0.2) is 0 Å². The van der Waals surface area contributed by atoms with Crippen LogP contribution in [0.2, 0.25) is 0 Å². The summed E-state index contributed by atoms with van der Waals surface area (Å²) in [6.45, 7) is 3.71. The van der Waals surface area contributed by atoms with Crippen LogP contribution in [0.25, 0.3) is 0 Å². The third-order valence-electron chi connectivity index (χ3n) is 1.07. The molecule has 0 radical (unpaired) electrons. The van der Waals surface area contributed by atoms with E-state index in [0.29, 0.717) is 6.54 Å². The molecule has 0 aliphatic carbocycles. The highest BCUT2D eigenvalue weighted by Crippen LogP contribution is 1.85. The molecule has 0 fully saturated rings. The van der Waals surface area contributed by atoms with Crippen LogP contribution in [0, 0.1) is 0 Å². The molecule has 0 aliphatic rings. The van der Waals surface area contributed by atoms with E-state index in [1.54, 1.807) is 7.05 Å². The van der Waals surface area contributed by atoms with Crippen molar-refractivity contribution in [1.82, 2.24) is 0 Å². The Morgan fingerprint density at radius 2 is 2.20 bits per heavy atom. The Hall–Kier alpha value is -0.730. The van der Waals surface area contributed by atoms with Gasteiger partial charge >= 0.3 is 0 Å². The van der Waals surface area contributed by atoms with Crippen molar-refractivity contribution in [1.29, 1.82) is 0 Å². The van der Waals surface area contributed by atoms with Crippen molar-refractivity contribution in [3.8, 4) is 0 Å². The zero-order chi connectivity index (χ0) is 7.66. The normalized spacial score (nSPS) is 11.8. The molecule has 10 heavy (non-hydrogen) atoms. The van der Waals surface area contributed by atoms with Gasteiger partial charge in [-0.15, -0.1) is 0 Å². The molecule has 0 rings (SSSR count). The number of aliphatic imine (C=N–C) groups is 1. The number of hydrogen-bond donors (Lipinski definition) is 0. The van der Waals surface area contributed by atoms with Crippen LogP contribution < -0.4 is 0 Å². The van der Waals surface area contributed by atoms with Gasteiger partial charge in [0.2, 0.25) is 0 Å². The fourth-order valence-electron chi connectivity index (χ4n) is 0.517. The van der Waals surface area contributed by atoms with Crippen LogP contribution in [0.5, 0.6) is 0 Å². The molecule has 0 spiro atoms. The quantitative estimate of drug-likeness (QED) is 0.319. The average Bonchev–Trinajstić information content (AvgIpc) is 1.97. The summed E-state index contributed by atoms with van der Waals surface area (Å²) < 4.78 is 0. The van der Waals surface area contributed by atoms with E-state index in [9.17, 15) is 0 Å². The van der Waals surface area contributed by atoms with Crippen LogP contribution in [0.15, 0.2) is 15.2 Å². The third-order valence-corrected chi connectivity index (χ3v) is 1.07. The van der Waals surface area contributed by atoms with Crippen molar-refractivity contribution < 1.29 is 0 Å². The number of hydrogen-bond acceptors (Lipinski definition) is 3. The van der Waals surface area contributed by atoms with Gasteiger partial charge in [-0.3, -0.25) is 4.99 Å². The minimum absolute atomic E-state index is 0.625. The molecule has 0 heterocycles. The summed E-state index contributed by atoms with van der Waals surface area (Å²) in [5.41, 5.74) is 0. The third kappa shape index (κ3) is 7.27. The van der Waals surface area contributed by atoms with Gasteiger partial charge in [-0.25, -0.2) is 0 Å². The van der Waals surface area contributed by atoms with Crippen LogP contribution in [0.4, 0.5) is 0 Å². The summed E-state index contributed by atoms with van der Waals surface area (Å²) in [6, 6.07) is 0. The molecular weight excluding hydrogens is 126 g/mol. The van der Waals surface area contributed by atoms with Gasteiger partial charge in [-0.05, 0) is 6.42 Å². The van der Waals surface area contributed by atoms with Crippen LogP contribution in [-0.4, -0.2) is 26.4 Å². The van der Waals surface area contributed by atoms with E-state index < -0.39 is 0 Å². The van der Waals surface area contributed by atoms with Crippen molar-refractivity contribution in [3.63, 3.8) is 0 Å². The van der Waals surface area contributed by atoms with Crippen molar-refractivity contribution in [2.45, 2.75) is 19.8 Å². The first-order valence-electron chi connectivity index (χ1n) is 3.65. The van der Waals surface area contributed by atoms with Crippen molar-refractivity contribution in [2.24, 2.45) is 15.2 Å². The van der Waals surface area contributed by atoms with Gasteiger partial charge < -0.3 is 0 Å². The van der Waals surface area contributed by atoms with E-state index in [1.807, 2.05) is 6.21 Å². The first-order chi connectivity index (χ1) is 4.91. The van der Waals surface area contributed by atoms with Crippen LogP contribution in [0.1, 0.15) is 19.8 Å². The average molecular weight is 141 g/mol. The Bertz CT molecular complexity index is 107. The Labute approximate surface area is 62.3 Å². The maximum Gasteiger partial charge on any atom is 0.0946 e. The van der Waals surface area contributed by atoms with E-state index >= 15 is 0 Å². The molecule has 0 bridgehead atoms. The maximum atomic E-state index is 4.12. The lowest BCUT2D eigenvalue weighted by Gasteiger charge is -1.86. The molecule has 0 saturated heterocycles. The molecule has 58 valence electrons. The Kier molecular flexibility index (Phi) is 7.67. The summed E-state index contributed by atoms with van der Waals surface area (Å²) in [5, 5.41) is 7.33. The second-order valence-electron chi connectivity index (χ2n) is 1.97. The highest BCUT2D eigenvalue weighted by atomic mass is 15.1. The zero-order valence-corrected chi connectivity index (χ0v) is 6.75. The van der Waals surface area contributed by atoms with Crippen molar-refractivity contribution in [3.05, 3.63) is 0 Å². The molecule has 0 saturated carbocycles. The molecule has 0 N–H and O–H groups in total. The van der Waals surface area contributed by atoms with Crippen LogP contribution in [-0.2, 0) is 0 Å². The summed E-state index contributed by atoms with van der Waals surface area (Å²) in [5.74, 6) is 0. The lowest BCUT2D eigenvalue weighted by molar-refractivity contribution is 0.808. The topological polar surface area (TPSA) is 37.1 Å². The minimum atomic E-state index is 0.625. The van der Waals surface area contributed by atoms with Gasteiger partial charge in [0.25, 0.3) is 0 Å². The summed E-state index contributed by atoms with van der Waals surface area (Å²) in [7, 11) is 1.67. The summed E-state index contributed by atoms with van der Waals surface area (Å²) >= 11 is 0. The predicted molar refractivity (Wildman–Crippen MR) is 43.9 cm³/mol. The minimum Gasteiger partial charge on any atom is -0.296 e. The first kappa shape index (κ1) is 9.27. The van der Waals surface area contributed by atoms with Gasteiger partial charge in [0.05, 0.1) is 6.54 Å². The highest BCUT2D eigenvalue weighted by molar-refractivity contribution is 5.59. The number of unbranched alkanes of at least 4 members (excludes halogenated alkanes) is 1. The Balaban J connectivity index is 3.04. The molecule has 0 amide bonds. The van der Waals surface area contributed by atoms with Crippen LogP contribution >= 0.6 is 0 Å². The molecule has 0 aromatic heterocycles. The van der Waals surface area contributed by atoms with E-state index in [2.05, 4.69) is 22.1 Å². The molecule has 0 aliphatic heterocycles. The van der Waals surface area contributed by atoms with E-state index in [-0.39, 0.29) is 0 Å². The number of azo groups is 1. The summed E-state index contributed by atoms with van der Waals surface area (Å²) in [4.78, 5) is 4.12.